The van der Waals surface area contributed by atoms with Gasteiger partial charge in [-0.25, -0.2) is 13.6 Å². The van der Waals surface area contributed by atoms with Crippen molar-refractivity contribution in [2.45, 2.75) is 77.0 Å². The van der Waals surface area contributed by atoms with Crippen molar-refractivity contribution in [1.82, 2.24) is 15.2 Å². The summed E-state index contributed by atoms with van der Waals surface area (Å²) in [6.45, 7) is 5.62. The van der Waals surface area contributed by atoms with E-state index in [1.165, 1.54) is 0 Å². The molecule has 222 valence electrons. The van der Waals surface area contributed by atoms with Gasteiger partial charge in [0.2, 0.25) is 11.8 Å². The summed E-state index contributed by atoms with van der Waals surface area (Å²) in [7, 11) is 0. The summed E-state index contributed by atoms with van der Waals surface area (Å²) in [5.74, 6) is -3.37. The maximum absolute atomic E-state index is 13.6. The topological polar surface area (TPSA) is 125 Å². The number of amides is 3. The minimum Gasteiger partial charge on any atom is -0.444 e. The van der Waals surface area contributed by atoms with Crippen LogP contribution in [0.1, 0.15) is 74.5 Å². The Morgan fingerprint density at radius 2 is 1.83 bits per heavy atom. The molecule has 9 nitrogen and oxygen atoms in total. The molecule has 1 aliphatic carbocycles. The van der Waals surface area contributed by atoms with Crippen molar-refractivity contribution in [3.8, 4) is 6.07 Å². The zero-order chi connectivity index (χ0) is 30.5. The Balaban J connectivity index is 1.48. The van der Waals surface area contributed by atoms with Crippen LogP contribution in [0.5, 0.6) is 0 Å². The first-order valence-electron chi connectivity index (χ1n) is 13.9. The van der Waals surface area contributed by atoms with Crippen molar-refractivity contribution in [3.05, 3.63) is 65.4 Å². The van der Waals surface area contributed by atoms with Gasteiger partial charge in [0.15, 0.2) is 0 Å². The molecule has 0 bridgehead atoms. The number of carbonyl (C=O) groups is 3. The third-order valence-corrected chi connectivity index (χ3v) is 6.89. The third kappa shape index (κ3) is 8.28. The lowest BCUT2D eigenvalue weighted by atomic mass is 9.92. The summed E-state index contributed by atoms with van der Waals surface area (Å²) in [6.07, 6.45) is -0.680. The van der Waals surface area contributed by atoms with E-state index in [4.69, 9.17) is 4.74 Å². The molecule has 2 aromatic carbocycles. The van der Waals surface area contributed by atoms with Gasteiger partial charge in [-0.2, -0.15) is 5.26 Å². The van der Waals surface area contributed by atoms with Crippen LogP contribution < -0.4 is 16.0 Å². The molecule has 4 rings (SSSR count). The number of nitrogens with one attached hydrogen (secondary N) is 3. The van der Waals surface area contributed by atoms with E-state index in [2.05, 4.69) is 22.0 Å². The molecular formula is C31H35F2N5O4. The van der Waals surface area contributed by atoms with Crippen LogP contribution in [-0.2, 0) is 16.1 Å². The van der Waals surface area contributed by atoms with Crippen LogP contribution in [-0.4, -0.2) is 46.6 Å². The van der Waals surface area contributed by atoms with Crippen molar-refractivity contribution in [3.63, 3.8) is 0 Å². The van der Waals surface area contributed by atoms with Gasteiger partial charge in [-0.15, -0.1) is 0 Å². The largest absolute Gasteiger partial charge is 0.444 e. The standard InChI is InChI=1S/C31H35F2N5O4/c1-30(2,3)42-29(41)35-14-11-27(39)36-24-6-4-5-21(15-24)19-38-25-16-20(18-34)7-8-22(25)17-26(38)28(40)37-23-9-12-31(32,33)13-10-23/h4-8,15-17,23H,9-14,19H2,1-3H3,(H,35,41)(H,36,39)(H,37,40). The van der Waals surface area contributed by atoms with Crippen LogP contribution in [0.2, 0.25) is 0 Å². The first-order valence-corrected chi connectivity index (χ1v) is 13.9. The van der Waals surface area contributed by atoms with E-state index < -0.39 is 17.6 Å². The predicted molar refractivity (Wildman–Crippen MR) is 154 cm³/mol. The summed E-state index contributed by atoms with van der Waals surface area (Å²) < 4.78 is 34.2. The predicted octanol–water partition coefficient (Wildman–Crippen LogP) is 5.72. The van der Waals surface area contributed by atoms with E-state index >= 15 is 0 Å². The van der Waals surface area contributed by atoms with Gasteiger partial charge in [-0.1, -0.05) is 18.2 Å². The molecule has 0 atom stereocenters. The Hall–Kier alpha value is -4.46. The third-order valence-electron chi connectivity index (χ3n) is 6.89. The molecule has 1 fully saturated rings. The van der Waals surface area contributed by atoms with Gasteiger partial charge in [0.1, 0.15) is 11.3 Å². The average molecular weight is 580 g/mol. The van der Waals surface area contributed by atoms with Crippen LogP contribution in [0.3, 0.4) is 0 Å². The van der Waals surface area contributed by atoms with Gasteiger partial charge in [-0.3, -0.25) is 9.59 Å². The summed E-state index contributed by atoms with van der Waals surface area (Å²) >= 11 is 0. The molecule has 42 heavy (non-hydrogen) atoms. The molecule has 0 spiro atoms. The van der Waals surface area contributed by atoms with Crippen LogP contribution in [0.4, 0.5) is 19.3 Å². The molecule has 0 aliphatic heterocycles. The second-order valence-electron chi connectivity index (χ2n) is 11.5. The molecule has 0 saturated heterocycles. The summed E-state index contributed by atoms with van der Waals surface area (Å²) in [5.41, 5.74) is 2.15. The van der Waals surface area contributed by atoms with E-state index in [1.807, 2.05) is 6.07 Å². The Labute approximate surface area is 243 Å². The molecule has 1 heterocycles. The molecule has 11 heteroatoms. The number of hydrogen-bond acceptors (Lipinski definition) is 5. The minimum absolute atomic E-state index is 0.0417. The number of nitriles is 1. The summed E-state index contributed by atoms with van der Waals surface area (Å²) in [4.78, 5) is 37.7. The number of nitrogens with zero attached hydrogens (tertiary/aromatic N) is 2. The highest BCUT2D eigenvalue weighted by atomic mass is 19.3. The van der Waals surface area contributed by atoms with Crippen molar-refractivity contribution in [2.75, 3.05) is 11.9 Å². The smallest absolute Gasteiger partial charge is 0.407 e. The SMILES string of the molecule is CC(C)(C)OC(=O)NCCC(=O)Nc1cccc(Cn2c(C(=O)NC3CCC(F)(F)CC3)cc3ccc(C#N)cc32)c1. The number of ether oxygens (including phenoxy) is 1. The molecule has 0 unspecified atom stereocenters. The molecule has 1 aromatic heterocycles. The van der Waals surface area contributed by atoms with Crippen molar-refractivity contribution in [2.24, 2.45) is 0 Å². The number of alkyl carbamates (subject to hydrolysis) is 1. The van der Waals surface area contributed by atoms with E-state index in [-0.39, 0.29) is 63.0 Å². The fourth-order valence-electron chi connectivity index (χ4n) is 4.87. The Morgan fingerprint density at radius 1 is 1.10 bits per heavy atom. The Morgan fingerprint density at radius 3 is 2.52 bits per heavy atom. The number of alkyl halides is 2. The van der Waals surface area contributed by atoms with Crippen molar-refractivity contribution >= 4 is 34.5 Å². The van der Waals surface area contributed by atoms with E-state index in [0.717, 1.165) is 10.9 Å². The second-order valence-corrected chi connectivity index (χ2v) is 11.5. The zero-order valence-corrected chi connectivity index (χ0v) is 23.9. The molecule has 1 saturated carbocycles. The molecule has 1 aliphatic rings. The van der Waals surface area contributed by atoms with Gasteiger partial charge in [-0.05, 0) is 69.5 Å². The lowest BCUT2D eigenvalue weighted by molar-refractivity contribution is -0.116. The van der Waals surface area contributed by atoms with Gasteiger partial charge < -0.3 is 25.3 Å². The zero-order valence-electron chi connectivity index (χ0n) is 23.9. The van der Waals surface area contributed by atoms with Gasteiger partial charge in [0.05, 0.1) is 17.1 Å². The van der Waals surface area contributed by atoms with Gasteiger partial charge in [0.25, 0.3) is 5.91 Å². The molecule has 0 radical (unpaired) electrons. The van der Waals surface area contributed by atoms with Gasteiger partial charge >= 0.3 is 6.09 Å². The number of hydrogen-bond donors (Lipinski definition) is 3. The Kier molecular flexibility index (Phi) is 9.14. The van der Waals surface area contributed by atoms with Crippen molar-refractivity contribution < 1.29 is 27.9 Å². The monoisotopic (exact) mass is 579 g/mol. The first-order chi connectivity index (χ1) is 19.8. The minimum atomic E-state index is -2.70. The highest BCUT2D eigenvalue weighted by Gasteiger charge is 2.35. The van der Waals surface area contributed by atoms with E-state index in [1.54, 1.807) is 67.8 Å². The van der Waals surface area contributed by atoms with Crippen LogP contribution >= 0.6 is 0 Å². The quantitative estimate of drug-likeness (QED) is 0.315. The molecule has 3 aromatic rings. The maximum atomic E-state index is 13.6. The number of rotatable bonds is 8. The highest BCUT2D eigenvalue weighted by molar-refractivity contribution is 5.99. The summed E-state index contributed by atoms with van der Waals surface area (Å²) in [6, 6.07) is 15.8. The number of aromatic nitrogens is 1. The van der Waals surface area contributed by atoms with E-state index in [0.29, 0.717) is 22.5 Å². The molecular weight excluding hydrogens is 544 g/mol. The lowest BCUT2D eigenvalue weighted by Crippen LogP contribution is -2.40. The number of carbonyl (C=O) groups excluding carboxylic acids is 3. The molecule has 3 N–H and O–H groups in total. The summed E-state index contributed by atoms with van der Waals surface area (Å²) in [5, 5.41) is 18.5. The second kappa shape index (κ2) is 12.6. The van der Waals surface area contributed by atoms with Crippen LogP contribution in [0.15, 0.2) is 48.5 Å². The Bertz CT molecular complexity index is 1510. The fourth-order valence-corrected chi connectivity index (χ4v) is 4.87. The van der Waals surface area contributed by atoms with Crippen LogP contribution in [0, 0.1) is 11.3 Å². The highest BCUT2D eigenvalue weighted by Crippen LogP contribution is 2.33. The fraction of sp³-hybridized carbons (Fsp3) is 0.419. The normalized spacial score (nSPS) is 15.0. The maximum Gasteiger partial charge on any atom is 0.407 e. The van der Waals surface area contributed by atoms with E-state index in [9.17, 15) is 28.4 Å². The van der Waals surface area contributed by atoms with Gasteiger partial charge in [0, 0.05) is 49.5 Å². The number of benzene rings is 2. The number of anilines is 1. The average Bonchev–Trinajstić information content (AvgIpc) is 3.26. The first kappa shape index (κ1) is 30.5. The number of fused-ring (bicyclic) bond motifs is 1. The molecule has 3 amide bonds. The lowest BCUT2D eigenvalue weighted by Gasteiger charge is -2.28. The number of halogens is 2. The van der Waals surface area contributed by atoms with Crippen LogP contribution in [0.25, 0.3) is 10.9 Å². The van der Waals surface area contributed by atoms with Crippen molar-refractivity contribution in [1.29, 1.82) is 5.26 Å².